The molecule has 0 aliphatic carbocycles. The fourth-order valence-corrected chi connectivity index (χ4v) is 3.88. The van der Waals surface area contributed by atoms with Crippen molar-refractivity contribution in [1.29, 1.82) is 0 Å². The summed E-state index contributed by atoms with van der Waals surface area (Å²) in [7, 11) is 1.94. The molecule has 1 fully saturated rings. The summed E-state index contributed by atoms with van der Waals surface area (Å²) in [5, 5.41) is 0. The number of aryl methyl sites for hydroxylation is 1. The fraction of sp³-hybridized carbons (Fsp3) is 0.455. The van der Waals surface area contributed by atoms with E-state index in [1.165, 1.54) is 16.0 Å². The molecule has 0 amide bonds. The Hall–Kier alpha value is -1.51. The van der Waals surface area contributed by atoms with Crippen LogP contribution in [0.1, 0.15) is 24.5 Å². The molecule has 2 unspecified atom stereocenters. The van der Waals surface area contributed by atoms with Gasteiger partial charge in [-0.3, -0.25) is 9.62 Å². The molecule has 1 saturated heterocycles. The molecule has 7 heteroatoms. The first-order chi connectivity index (χ1) is 13.9. The highest BCUT2D eigenvalue weighted by Crippen LogP contribution is 2.22. The normalized spacial score (nSPS) is 19.0. The van der Waals surface area contributed by atoms with Crippen molar-refractivity contribution in [3.05, 3.63) is 65.2 Å². The zero-order chi connectivity index (χ0) is 21.2. The molecule has 29 heavy (non-hydrogen) atoms. The molecule has 2 aromatic rings. The number of rotatable bonds is 6. The Balaban J connectivity index is 0.000000313. The van der Waals surface area contributed by atoms with E-state index < -0.39 is 11.6 Å². The van der Waals surface area contributed by atoms with Crippen molar-refractivity contribution in [2.75, 3.05) is 26.8 Å². The largest absolute Gasteiger partial charge is 0.378 e. The second-order valence-electron chi connectivity index (χ2n) is 7.08. The second kappa shape index (κ2) is 12.2. The fourth-order valence-electron chi connectivity index (χ4n) is 3.27. The molecule has 1 heterocycles. The average molecular weight is 424 g/mol. The van der Waals surface area contributed by atoms with Crippen molar-refractivity contribution in [2.24, 2.45) is 5.73 Å². The van der Waals surface area contributed by atoms with Crippen LogP contribution in [0.5, 0.6) is 0 Å². The van der Waals surface area contributed by atoms with Crippen LogP contribution in [0.3, 0.4) is 0 Å². The minimum Gasteiger partial charge on any atom is -0.378 e. The summed E-state index contributed by atoms with van der Waals surface area (Å²) in [5.74, 6) is -0.821. The first kappa shape index (κ1) is 23.8. The SMILES string of the molecule is CCN(Cc1ccc(SNC)cc1C)C1COCC(N)C1.Fc1ccc(F)cc1. The lowest BCUT2D eigenvalue weighted by atomic mass is 10.0. The van der Waals surface area contributed by atoms with Crippen LogP contribution < -0.4 is 10.5 Å². The highest BCUT2D eigenvalue weighted by atomic mass is 32.2. The molecule has 1 aliphatic rings. The minimum atomic E-state index is -0.411. The number of hydrogen-bond donors (Lipinski definition) is 2. The summed E-state index contributed by atoms with van der Waals surface area (Å²) in [6, 6.07) is 11.6. The molecular formula is C22H31F2N3OS. The Morgan fingerprint density at radius 1 is 1.14 bits per heavy atom. The van der Waals surface area contributed by atoms with Crippen molar-refractivity contribution in [3.8, 4) is 0 Å². The average Bonchev–Trinajstić information content (AvgIpc) is 2.70. The summed E-state index contributed by atoms with van der Waals surface area (Å²) in [6.07, 6.45) is 1.03. The van der Waals surface area contributed by atoms with Crippen LogP contribution >= 0.6 is 11.9 Å². The first-order valence-electron chi connectivity index (χ1n) is 9.84. The van der Waals surface area contributed by atoms with E-state index in [2.05, 4.69) is 41.7 Å². The number of halogens is 2. The number of nitrogens with two attached hydrogens (primary N) is 1. The minimum absolute atomic E-state index is 0.174. The smallest absolute Gasteiger partial charge is 0.123 e. The van der Waals surface area contributed by atoms with Gasteiger partial charge in [-0.15, -0.1) is 0 Å². The molecule has 4 nitrogen and oxygen atoms in total. The maximum atomic E-state index is 11.9. The van der Waals surface area contributed by atoms with Gasteiger partial charge in [0.25, 0.3) is 0 Å². The molecule has 1 aliphatic heterocycles. The van der Waals surface area contributed by atoms with Crippen LogP contribution in [0.25, 0.3) is 0 Å². The number of hydrogen-bond acceptors (Lipinski definition) is 5. The van der Waals surface area contributed by atoms with Gasteiger partial charge < -0.3 is 10.5 Å². The van der Waals surface area contributed by atoms with Crippen LogP contribution in [0.4, 0.5) is 8.78 Å². The monoisotopic (exact) mass is 423 g/mol. The predicted octanol–water partition coefficient (Wildman–Crippen LogP) is 4.12. The molecule has 0 spiro atoms. The molecule has 0 aromatic heterocycles. The number of benzene rings is 2. The van der Waals surface area contributed by atoms with Gasteiger partial charge in [0.15, 0.2) is 0 Å². The third kappa shape index (κ3) is 8.03. The van der Waals surface area contributed by atoms with E-state index in [-0.39, 0.29) is 6.04 Å². The Morgan fingerprint density at radius 3 is 2.31 bits per heavy atom. The van der Waals surface area contributed by atoms with Gasteiger partial charge >= 0.3 is 0 Å². The molecule has 3 rings (SSSR count). The van der Waals surface area contributed by atoms with Gasteiger partial charge in [-0.2, -0.15) is 0 Å². The molecule has 160 valence electrons. The van der Waals surface area contributed by atoms with E-state index in [1.54, 1.807) is 11.9 Å². The van der Waals surface area contributed by atoms with E-state index in [0.717, 1.165) is 50.4 Å². The van der Waals surface area contributed by atoms with Gasteiger partial charge in [0.1, 0.15) is 11.6 Å². The van der Waals surface area contributed by atoms with E-state index in [9.17, 15) is 8.78 Å². The second-order valence-corrected chi connectivity index (χ2v) is 8.16. The maximum absolute atomic E-state index is 11.9. The Bertz CT molecular complexity index is 724. The lowest BCUT2D eigenvalue weighted by molar-refractivity contribution is 0.00592. The highest BCUT2D eigenvalue weighted by molar-refractivity contribution is 7.97. The van der Waals surface area contributed by atoms with Crippen molar-refractivity contribution in [3.63, 3.8) is 0 Å². The molecule has 3 N–H and O–H groups in total. The highest BCUT2D eigenvalue weighted by Gasteiger charge is 2.25. The Labute approximate surface area is 176 Å². The molecule has 0 saturated carbocycles. The van der Waals surface area contributed by atoms with E-state index in [0.29, 0.717) is 12.6 Å². The maximum Gasteiger partial charge on any atom is 0.123 e. The van der Waals surface area contributed by atoms with Crippen LogP contribution in [0, 0.1) is 18.6 Å². The van der Waals surface area contributed by atoms with Gasteiger partial charge in [0.2, 0.25) is 0 Å². The van der Waals surface area contributed by atoms with E-state index >= 15 is 0 Å². The molecule has 2 aromatic carbocycles. The number of nitrogens with zero attached hydrogens (tertiary/aromatic N) is 1. The summed E-state index contributed by atoms with van der Waals surface area (Å²) in [5.41, 5.74) is 8.76. The van der Waals surface area contributed by atoms with E-state index in [1.807, 2.05) is 7.05 Å². The topological polar surface area (TPSA) is 50.5 Å². The summed E-state index contributed by atoms with van der Waals surface area (Å²) >= 11 is 1.65. The number of likely N-dealkylation sites (N-methyl/N-ethyl adjacent to an activating group) is 1. The van der Waals surface area contributed by atoms with Gasteiger partial charge in [0, 0.05) is 23.5 Å². The van der Waals surface area contributed by atoms with Crippen LogP contribution in [0.2, 0.25) is 0 Å². The standard InChI is InChI=1S/C16H27N3OS.C6H4F2/c1-4-19(15-8-14(17)10-20-11-15)9-13-5-6-16(21-18-3)7-12(13)2;7-5-1-2-6(8)4-3-5/h5-7,14-15,18H,4,8-11,17H2,1-3H3;1-4H. The quantitative estimate of drug-likeness (QED) is 0.685. The lowest BCUT2D eigenvalue weighted by Crippen LogP contribution is -2.47. The summed E-state index contributed by atoms with van der Waals surface area (Å²) < 4.78 is 32.6. The van der Waals surface area contributed by atoms with Crippen LogP contribution in [-0.4, -0.2) is 43.8 Å². The molecule has 2 atom stereocenters. The molecule has 0 bridgehead atoms. The third-order valence-electron chi connectivity index (χ3n) is 4.85. The zero-order valence-electron chi connectivity index (χ0n) is 17.3. The van der Waals surface area contributed by atoms with E-state index in [4.69, 9.17) is 10.5 Å². The van der Waals surface area contributed by atoms with Crippen molar-refractivity contribution in [1.82, 2.24) is 9.62 Å². The van der Waals surface area contributed by atoms with Gasteiger partial charge in [-0.1, -0.05) is 13.0 Å². The Kier molecular flexibility index (Phi) is 10.0. The molecule has 0 radical (unpaired) electrons. The summed E-state index contributed by atoms with van der Waals surface area (Å²) in [4.78, 5) is 3.73. The number of ether oxygens (including phenoxy) is 1. The van der Waals surface area contributed by atoms with Gasteiger partial charge in [-0.25, -0.2) is 8.78 Å². The predicted molar refractivity (Wildman–Crippen MR) is 116 cm³/mol. The number of nitrogens with one attached hydrogen (secondary N) is 1. The van der Waals surface area contributed by atoms with Crippen molar-refractivity contribution in [2.45, 2.75) is 43.8 Å². The third-order valence-corrected chi connectivity index (χ3v) is 5.54. The zero-order valence-corrected chi connectivity index (χ0v) is 18.1. The van der Waals surface area contributed by atoms with Crippen LogP contribution in [-0.2, 0) is 11.3 Å². The van der Waals surface area contributed by atoms with Crippen molar-refractivity contribution < 1.29 is 13.5 Å². The van der Waals surface area contributed by atoms with Gasteiger partial charge in [0.05, 0.1) is 13.2 Å². The van der Waals surface area contributed by atoms with Crippen molar-refractivity contribution >= 4 is 11.9 Å². The van der Waals surface area contributed by atoms with Gasteiger partial charge in [-0.05, 0) is 86.4 Å². The molecular weight excluding hydrogens is 392 g/mol. The first-order valence-corrected chi connectivity index (χ1v) is 10.7. The lowest BCUT2D eigenvalue weighted by Gasteiger charge is -2.36. The van der Waals surface area contributed by atoms with Crippen LogP contribution in [0.15, 0.2) is 47.4 Å². The Morgan fingerprint density at radius 2 is 1.79 bits per heavy atom. The summed E-state index contributed by atoms with van der Waals surface area (Å²) in [6.45, 7) is 7.88.